The van der Waals surface area contributed by atoms with E-state index < -0.39 is 0 Å². The summed E-state index contributed by atoms with van der Waals surface area (Å²) in [5, 5.41) is 24.6. The zero-order chi connectivity index (χ0) is 41.0. The van der Waals surface area contributed by atoms with Crippen LogP contribution in [0.5, 0.6) is 11.5 Å². The van der Waals surface area contributed by atoms with Gasteiger partial charge in [-0.3, -0.25) is 8.80 Å². The maximum absolute atomic E-state index is 14.4. The number of imidazole rings is 4. The fraction of sp³-hybridized carbons (Fsp3) is 0.200. The van der Waals surface area contributed by atoms with E-state index in [1.54, 1.807) is 69.1 Å². The Kier molecular flexibility index (Phi) is 10.8. The zero-order valence-electron chi connectivity index (χ0n) is 31.5. The van der Waals surface area contributed by atoms with Crippen LogP contribution in [-0.4, -0.2) is 61.5 Å². The first-order valence-electron chi connectivity index (χ1n) is 18.2. The molecule has 19 heteroatoms. The normalized spacial score (nSPS) is 12.3. The van der Waals surface area contributed by atoms with Gasteiger partial charge in [0.25, 0.3) is 0 Å². The molecule has 0 fully saturated rings. The molecular weight excluding hydrogens is 826 g/mol. The van der Waals surface area contributed by atoms with Crippen LogP contribution in [0.25, 0.3) is 17.0 Å². The van der Waals surface area contributed by atoms with Crippen molar-refractivity contribution in [3.05, 3.63) is 135 Å². The molecule has 8 aromatic rings. The second kappa shape index (κ2) is 16.6. The lowest BCUT2D eigenvalue weighted by Gasteiger charge is -2.13. The minimum atomic E-state index is -0.285. The summed E-state index contributed by atoms with van der Waals surface area (Å²) in [5.41, 5.74) is 7.23. The Balaban J connectivity index is 0.000000146. The quantitative estimate of drug-likeness (QED) is 0.157. The van der Waals surface area contributed by atoms with E-state index in [0.29, 0.717) is 70.5 Å². The number of halogens is 3. The Morgan fingerprint density at radius 2 is 1.36 bits per heavy atom. The summed E-state index contributed by atoms with van der Waals surface area (Å²) in [7, 11) is 0. The Labute approximate surface area is 343 Å². The lowest BCUT2D eigenvalue weighted by Crippen LogP contribution is -2.10. The molecule has 2 aliphatic rings. The van der Waals surface area contributed by atoms with Crippen LogP contribution >= 0.6 is 15.9 Å². The number of nitrogens with zero attached hydrogens (tertiary/aromatic N) is 11. The van der Waals surface area contributed by atoms with E-state index in [1.807, 2.05) is 26.1 Å². The molecule has 2 aliphatic heterocycles. The zero-order valence-corrected chi connectivity index (χ0v) is 33.1. The topological polar surface area (TPSA) is 197 Å². The number of anilines is 2. The maximum Gasteiger partial charge on any atom is 0.209 e. The second-order valence-electron chi connectivity index (χ2n) is 13.3. The third-order valence-electron chi connectivity index (χ3n) is 9.50. The minimum Gasteiger partial charge on any atom is -0.493 e. The molecule has 6 aromatic heterocycles. The lowest BCUT2D eigenvalue weighted by atomic mass is 10.0. The van der Waals surface area contributed by atoms with Gasteiger partial charge >= 0.3 is 0 Å². The molecule has 3 N–H and O–H groups in total. The molecule has 0 saturated heterocycles. The molecule has 296 valence electrons. The summed E-state index contributed by atoms with van der Waals surface area (Å²) >= 11 is 3.36. The first kappa shape index (κ1) is 38.5. The van der Waals surface area contributed by atoms with Crippen molar-refractivity contribution in [2.75, 3.05) is 23.8 Å². The molecule has 8 heterocycles. The monoisotopic (exact) mass is 858 g/mol. The van der Waals surface area contributed by atoms with Gasteiger partial charge in [0.2, 0.25) is 11.9 Å². The molecule has 0 spiro atoms. The van der Waals surface area contributed by atoms with Crippen molar-refractivity contribution >= 4 is 39.1 Å². The Morgan fingerprint density at radius 1 is 0.780 bits per heavy atom. The molecule has 0 atom stereocenters. The number of aromatic nitrogens is 10. The SMILES string of the molecule is Cc1cn(-c2cnc(NCc3c(F)ccc4c3CCO4)n3cc(C#N)nc23)cn1.Cc1cnc[nH]1.N#Cc1cn2c(NCc3c(F)ccc4c3CCO4)ncc(Br)c2n1. The molecule has 0 bridgehead atoms. The highest BCUT2D eigenvalue weighted by atomic mass is 79.9. The summed E-state index contributed by atoms with van der Waals surface area (Å²) in [6, 6.07) is 10.2. The van der Waals surface area contributed by atoms with Crippen LogP contribution < -0.4 is 20.1 Å². The van der Waals surface area contributed by atoms with E-state index in [2.05, 4.69) is 67.5 Å². The Bertz CT molecular complexity index is 2910. The number of hydrogen-bond acceptors (Lipinski definition) is 12. The highest BCUT2D eigenvalue weighted by Crippen LogP contribution is 2.32. The highest BCUT2D eigenvalue weighted by molar-refractivity contribution is 9.10. The molecule has 59 heavy (non-hydrogen) atoms. The van der Waals surface area contributed by atoms with Crippen LogP contribution in [0.2, 0.25) is 0 Å². The number of fused-ring (bicyclic) bond motifs is 4. The Morgan fingerprint density at radius 3 is 1.86 bits per heavy atom. The van der Waals surface area contributed by atoms with E-state index in [1.165, 1.54) is 12.1 Å². The third kappa shape index (κ3) is 7.96. The first-order chi connectivity index (χ1) is 28.7. The molecule has 2 aromatic carbocycles. The van der Waals surface area contributed by atoms with Gasteiger partial charge in [0.05, 0.1) is 54.6 Å². The maximum atomic E-state index is 14.4. The van der Waals surface area contributed by atoms with Gasteiger partial charge in [-0.15, -0.1) is 0 Å². The predicted octanol–water partition coefficient (Wildman–Crippen LogP) is 6.55. The van der Waals surface area contributed by atoms with E-state index >= 15 is 0 Å². The van der Waals surface area contributed by atoms with Crippen molar-refractivity contribution in [2.45, 2.75) is 39.8 Å². The third-order valence-corrected chi connectivity index (χ3v) is 10.1. The number of hydrogen-bond donors (Lipinski definition) is 3. The first-order valence-corrected chi connectivity index (χ1v) is 19.0. The summed E-state index contributed by atoms with van der Waals surface area (Å²) in [6.45, 7) is 5.49. The van der Waals surface area contributed by atoms with E-state index in [9.17, 15) is 14.0 Å². The molecule has 16 nitrogen and oxygen atoms in total. The molecule has 0 amide bonds. The van der Waals surface area contributed by atoms with E-state index in [4.69, 9.17) is 14.7 Å². The van der Waals surface area contributed by atoms with Crippen molar-refractivity contribution < 1.29 is 18.3 Å². The number of nitrogens with one attached hydrogen (secondary N) is 3. The molecule has 0 saturated carbocycles. The van der Waals surface area contributed by atoms with Crippen LogP contribution in [-0.2, 0) is 25.9 Å². The van der Waals surface area contributed by atoms with E-state index in [0.717, 1.165) is 34.0 Å². The Hall–Kier alpha value is -7.38. The van der Waals surface area contributed by atoms with Crippen LogP contribution in [0.3, 0.4) is 0 Å². The highest BCUT2D eigenvalue weighted by Gasteiger charge is 2.22. The van der Waals surface area contributed by atoms with Crippen molar-refractivity contribution in [1.29, 1.82) is 10.5 Å². The largest absolute Gasteiger partial charge is 0.493 e. The van der Waals surface area contributed by atoms with Crippen molar-refractivity contribution in [3.63, 3.8) is 0 Å². The smallest absolute Gasteiger partial charge is 0.209 e. The molecular formula is C40H33BrF2N14O2. The lowest BCUT2D eigenvalue weighted by molar-refractivity contribution is 0.356. The van der Waals surface area contributed by atoms with Crippen LogP contribution in [0.4, 0.5) is 20.7 Å². The minimum absolute atomic E-state index is 0.240. The van der Waals surface area contributed by atoms with Crippen molar-refractivity contribution in [3.8, 4) is 29.3 Å². The molecule has 10 rings (SSSR count). The van der Waals surface area contributed by atoms with Crippen LogP contribution in [0.15, 0.2) is 78.6 Å². The number of rotatable bonds is 7. The van der Waals surface area contributed by atoms with E-state index in [-0.39, 0.29) is 36.1 Å². The van der Waals surface area contributed by atoms with Gasteiger partial charge in [-0.25, -0.2) is 38.7 Å². The fourth-order valence-electron chi connectivity index (χ4n) is 6.69. The number of aromatic amines is 1. The number of aryl methyl sites for hydroxylation is 2. The van der Waals surface area contributed by atoms with Crippen LogP contribution in [0.1, 0.15) is 45.0 Å². The average molecular weight is 860 g/mol. The van der Waals surface area contributed by atoms with Crippen molar-refractivity contribution in [1.82, 2.24) is 48.3 Å². The predicted molar refractivity (Wildman–Crippen MR) is 214 cm³/mol. The number of benzene rings is 2. The van der Waals surface area contributed by atoms with Gasteiger partial charge in [-0.1, -0.05) is 0 Å². The van der Waals surface area contributed by atoms with Gasteiger partial charge in [0.1, 0.15) is 41.0 Å². The number of H-pyrrole nitrogens is 1. The molecule has 0 unspecified atom stereocenters. The number of ether oxygens (including phenoxy) is 2. The van der Waals surface area contributed by atoms with Gasteiger partial charge in [0, 0.05) is 72.5 Å². The van der Waals surface area contributed by atoms with Gasteiger partial charge < -0.3 is 29.7 Å². The van der Waals surface area contributed by atoms with Crippen molar-refractivity contribution in [2.24, 2.45) is 0 Å². The standard InChI is InChI=1S/C20H16FN7O.C16H11BrFN5O.C4H6N2/c1-12-9-27(11-25-12)17-8-24-20(28-10-13(6-22)26-19(17)28)23-7-15-14-4-5-29-18(14)3-2-16(15)21;17-12-7-21-16(23-8-9(5-19)22-15(12)23)20-6-11-10-3-4-24-14(10)2-1-13(11)18;1-4-2-5-3-6-4/h2-3,8-11H,4-5,7H2,1H3,(H,23,24);1-2,7-8H,3-4,6H2,(H,20,21);2-3H,1H3,(H,5,6). The second-order valence-corrected chi connectivity index (χ2v) is 14.2. The van der Waals surface area contributed by atoms with Gasteiger partial charge in [-0.05, 0) is 54.0 Å². The molecule has 0 radical (unpaired) electrons. The fourth-order valence-corrected chi connectivity index (χ4v) is 7.07. The van der Waals surface area contributed by atoms with Gasteiger partial charge in [-0.2, -0.15) is 10.5 Å². The number of nitriles is 2. The summed E-state index contributed by atoms with van der Waals surface area (Å²) in [5.74, 6) is 1.84. The summed E-state index contributed by atoms with van der Waals surface area (Å²) in [4.78, 5) is 28.2. The van der Waals surface area contributed by atoms with Gasteiger partial charge in [0.15, 0.2) is 22.7 Å². The average Bonchev–Trinajstić information content (AvgIpc) is 4.10. The summed E-state index contributed by atoms with van der Waals surface area (Å²) < 4.78 is 45.5. The van der Waals surface area contributed by atoms with Crippen LogP contribution in [0, 0.1) is 48.1 Å². The molecule has 0 aliphatic carbocycles. The summed E-state index contributed by atoms with van der Waals surface area (Å²) in [6.07, 6.45) is 14.8.